The van der Waals surface area contributed by atoms with Gasteiger partial charge in [-0.2, -0.15) is 0 Å². The molecule has 0 unspecified atom stereocenters. The molecule has 0 atom stereocenters. The molecule has 1 aliphatic heterocycles. The van der Waals surface area contributed by atoms with Crippen LogP contribution in [0, 0.1) is 32.1 Å². The molecule has 31 heavy (non-hydrogen) atoms. The van der Waals surface area contributed by atoms with Crippen molar-refractivity contribution in [3.05, 3.63) is 64.2 Å². The zero-order valence-electron chi connectivity index (χ0n) is 19.9. The van der Waals surface area contributed by atoms with Crippen molar-refractivity contribution >= 4 is 0 Å². The predicted octanol–water partition coefficient (Wildman–Crippen LogP) is 6.17. The fourth-order valence-electron chi connectivity index (χ4n) is 4.50. The third kappa shape index (κ3) is 4.97. The topological polar surface area (TPSA) is 27.7 Å². The average molecular weight is 421 g/mol. The van der Waals surface area contributed by atoms with Crippen molar-refractivity contribution in [2.24, 2.45) is 5.92 Å². The maximum atomic E-state index is 6.15. The van der Waals surface area contributed by atoms with Crippen molar-refractivity contribution in [3.63, 3.8) is 0 Å². The number of benzene rings is 2. The molecule has 0 aliphatic carbocycles. The highest BCUT2D eigenvalue weighted by molar-refractivity contribution is 5.49. The van der Waals surface area contributed by atoms with Crippen LogP contribution in [0.15, 0.2) is 36.4 Å². The highest BCUT2D eigenvalue weighted by Crippen LogP contribution is 2.41. The second-order valence-corrected chi connectivity index (χ2v) is 9.14. The van der Waals surface area contributed by atoms with Gasteiger partial charge in [-0.1, -0.05) is 44.0 Å². The summed E-state index contributed by atoms with van der Waals surface area (Å²) in [4.78, 5) is 0. The number of ether oxygens (including phenoxy) is 3. The summed E-state index contributed by atoms with van der Waals surface area (Å²) in [5.41, 5.74) is 5.87. The fourth-order valence-corrected chi connectivity index (χ4v) is 4.50. The molecular formula is C28H36O3. The SMILES string of the molecule is C#Cc1ccc(C(CC)(CC)c2ccc(OCC3COC(C)(C)OC3)c(C)c2)cc1C. The molecular weight excluding hydrogens is 384 g/mol. The lowest BCUT2D eigenvalue weighted by molar-refractivity contribution is -0.264. The van der Waals surface area contributed by atoms with Crippen LogP contribution in [0.5, 0.6) is 5.75 Å². The van der Waals surface area contributed by atoms with E-state index in [1.807, 2.05) is 13.8 Å². The molecule has 1 aliphatic rings. The smallest absolute Gasteiger partial charge is 0.162 e. The van der Waals surface area contributed by atoms with Crippen LogP contribution in [0.2, 0.25) is 0 Å². The first-order valence-electron chi connectivity index (χ1n) is 11.3. The summed E-state index contributed by atoms with van der Waals surface area (Å²) in [7, 11) is 0. The highest BCUT2D eigenvalue weighted by Gasteiger charge is 2.32. The van der Waals surface area contributed by atoms with Crippen LogP contribution in [0.25, 0.3) is 0 Å². The minimum Gasteiger partial charge on any atom is -0.493 e. The Morgan fingerprint density at radius 2 is 1.58 bits per heavy atom. The summed E-state index contributed by atoms with van der Waals surface area (Å²) in [6.07, 6.45) is 7.68. The molecule has 0 spiro atoms. The van der Waals surface area contributed by atoms with Gasteiger partial charge >= 0.3 is 0 Å². The number of rotatable bonds is 7. The van der Waals surface area contributed by atoms with Gasteiger partial charge in [-0.05, 0) is 74.9 Å². The predicted molar refractivity (Wildman–Crippen MR) is 127 cm³/mol. The molecule has 0 amide bonds. The molecule has 0 bridgehead atoms. The van der Waals surface area contributed by atoms with E-state index in [0.29, 0.717) is 19.8 Å². The Kier molecular flexibility index (Phi) is 7.14. The summed E-state index contributed by atoms with van der Waals surface area (Å²) in [5.74, 6) is 3.46. The minimum atomic E-state index is -0.492. The van der Waals surface area contributed by atoms with E-state index in [0.717, 1.165) is 35.3 Å². The van der Waals surface area contributed by atoms with Crippen LogP contribution in [0.3, 0.4) is 0 Å². The van der Waals surface area contributed by atoms with Crippen LogP contribution in [-0.2, 0) is 14.9 Å². The van der Waals surface area contributed by atoms with Gasteiger partial charge in [0.05, 0.1) is 19.8 Å². The Balaban J connectivity index is 1.80. The second-order valence-electron chi connectivity index (χ2n) is 9.14. The third-order valence-corrected chi connectivity index (χ3v) is 6.68. The molecule has 0 aromatic heterocycles. The minimum absolute atomic E-state index is 0.0438. The summed E-state index contributed by atoms with van der Waals surface area (Å²) in [6.45, 7) is 14.5. The van der Waals surface area contributed by atoms with Gasteiger partial charge in [0, 0.05) is 16.9 Å². The van der Waals surface area contributed by atoms with Crippen LogP contribution < -0.4 is 4.74 Å². The lowest BCUT2D eigenvalue weighted by atomic mass is 9.70. The molecule has 3 nitrogen and oxygen atoms in total. The standard InChI is InChI=1S/C28H36O3/c1-8-23-11-12-24(15-20(23)4)28(9-2,10-3)25-13-14-26(21(5)16-25)29-17-22-18-30-27(6,7)31-19-22/h1,11-16,22H,9-10,17-19H2,2-7H3. The maximum Gasteiger partial charge on any atom is 0.162 e. The summed E-state index contributed by atoms with van der Waals surface area (Å²) in [6, 6.07) is 13.1. The summed E-state index contributed by atoms with van der Waals surface area (Å²) in [5, 5.41) is 0. The lowest BCUT2D eigenvalue weighted by Crippen LogP contribution is -2.41. The van der Waals surface area contributed by atoms with Crippen LogP contribution >= 0.6 is 0 Å². The van der Waals surface area contributed by atoms with Gasteiger partial charge in [0.15, 0.2) is 5.79 Å². The van der Waals surface area contributed by atoms with Gasteiger partial charge in [-0.25, -0.2) is 0 Å². The zero-order valence-corrected chi connectivity index (χ0v) is 19.9. The van der Waals surface area contributed by atoms with Gasteiger partial charge in [0.2, 0.25) is 0 Å². The van der Waals surface area contributed by atoms with Crippen LogP contribution in [-0.4, -0.2) is 25.6 Å². The van der Waals surface area contributed by atoms with E-state index in [1.165, 1.54) is 11.1 Å². The zero-order chi connectivity index (χ0) is 22.6. The molecule has 2 aromatic rings. The Bertz CT molecular complexity index is 937. The molecule has 1 saturated heterocycles. The third-order valence-electron chi connectivity index (χ3n) is 6.68. The number of terminal acetylenes is 1. The monoisotopic (exact) mass is 420 g/mol. The maximum absolute atomic E-state index is 6.15. The normalized spacial score (nSPS) is 16.7. The van der Waals surface area contributed by atoms with E-state index in [-0.39, 0.29) is 11.3 Å². The quantitative estimate of drug-likeness (QED) is 0.502. The van der Waals surface area contributed by atoms with Crippen molar-refractivity contribution in [1.29, 1.82) is 0 Å². The fraction of sp³-hybridized carbons (Fsp3) is 0.500. The Hall–Kier alpha value is -2.28. The van der Waals surface area contributed by atoms with E-state index in [1.54, 1.807) is 0 Å². The van der Waals surface area contributed by atoms with Gasteiger partial charge in [0.25, 0.3) is 0 Å². The molecule has 166 valence electrons. The van der Waals surface area contributed by atoms with Crippen molar-refractivity contribution in [3.8, 4) is 18.1 Å². The second kappa shape index (κ2) is 9.47. The molecule has 0 N–H and O–H groups in total. The number of hydrogen-bond acceptors (Lipinski definition) is 3. The Labute approximate surface area is 188 Å². The van der Waals surface area contributed by atoms with Gasteiger partial charge in [-0.3, -0.25) is 0 Å². The van der Waals surface area contributed by atoms with E-state index in [4.69, 9.17) is 20.6 Å². The van der Waals surface area contributed by atoms with Crippen molar-refractivity contribution < 1.29 is 14.2 Å². The molecule has 0 saturated carbocycles. The molecule has 1 heterocycles. The van der Waals surface area contributed by atoms with E-state index >= 15 is 0 Å². The molecule has 1 fully saturated rings. The van der Waals surface area contributed by atoms with Crippen LogP contribution in [0.4, 0.5) is 0 Å². The molecule has 2 aromatic carbocycles. The Morgan fingerprint density at radius 1 is 1.00 bits per heavy atom. The van der Waals surface area contributed by atoms with Gasteiger partial charge < -0.3 is 14.2 Å². The van der Waals surface area contributed by atoms with Crippen molar-refractivity contribution in [2.75, 3.05) is 19.8 Å². The summed E-state index contributed by atoms with van der Waals surface area (Å²) < 4.78 is 17.7. The largest absolute Gasteiger partial charge is 0.493 e. The first-order valence-corrected chi connectivity index (χ1v) is 11.3. The van der Waals surface area contributed by atoms with Gasteiger partial charge in [0.1, 0.15) is 5.75 Å². The molecule has 0 radical (unpaired) electrons. The lowest BCUT2D eigenvalue weighted by Gasteiger charge is -2.35. The van der Waals surface area contributed by atoms with E-state index in [9.17, 15) is 0 Å². The van der Waals surface area contributed by atoms with Crippen LogP contribution in [0.1, 0.15) is 68.4 Å². The first-order chi connectivity index (χ1) is 14.7. The number of hydrogen-bond donors (Lipinski definition) is 0. The first kappa shape index (κ1) is 23.4. The molecule has 3 heteroatoms. The van der Waals surface area contributed by atoms with Crippen molar-refractivity contribution in [2.45, 2.75) is 65.6 Å². The highest BCUT2D eigenvalue weighted by atomic mass is 16.7. The molecule has 3 rings (SSSR count). The van der Waals surface area contributed by atoms with Crippen molar-refractivity contribution in [1.82, 2.24) is 0 Å². The Morgan fingerprint density at radius 3 is 2.10 bits per heavy atom. The van der Waals surface area contributed by atoms with E-state index in [2.05, 4.69) is 70.0 Å². The van der Waals surface area contributed by atoms with E-state index < -0.39 is 5.79 Å². The van der Waals surface area contributed by atoms with Gasteiger partial charge in [-0.15, -0.1) is 6.42 Å². The number of aryl methyl sites for hydroxylation is 2. The average Bonchev–Trinajstić information content (AvgIpc) is 2.75. The summed E-state index contributed by atoms with van der Waals surface area (Å²) >= 11 is 0.